The molecule has 4 heteroatoms. The summed E-state index contributed by atoms with van der Waals surface area (Å²) in [6, 6.07) is 5.71. The number of nitrogens with zero attached hydrogens (tertiary/aromatic N) is 1. The molecular formula is C10H8INOS. The molecule has 1 atom stereocenters. The number of aromatic nitrogens is 1. The van der Waals surface area contributed by atoms with Gasteiger partial charge in [-0.15, -0.1) is 11.3 Å². The van der Waals surface area contributed by atoms with Crippen LogP contribution in [0.4, 0.5) is 0 Å². The molecule has 0 aliphatic heterocycles. The number of hydrogen-bond donors (Lipinski definition) is 1. The highest BCUT2D eigenvalue weighted by Crippen LogP contribution is 2.29. The fraction of sp³-hybridized carbons (Fsp3) is 0.100. The minimum atomic E-state index is -0.546. The predicted molar refractivity (Wildman–Crippen MR) is 65.3 cm³/mol. The van der Waals surface area contributed by atoms with Crippen LogP contribution in [0.15, 0.2) is 36.0 Å². The van der Waals surface area contributed by atoms with Crippen molar-refractivity contribution in [1.29, 1.82) is 0 Å². The molecule has 0 saturated heterocycles. The van der Waals surface area contributed by atoms with E-state index in [0.29, 0.717) is 0 Å². The first kappa shape index (κ1) is 10.1. The SMILES string of the molecule is OC(c1cccnc1)c1sccc1I. The summed E-state index contributed by atoms with van der Waals surface area (Å²) in [6.07, 6.45) is 2.85. The topological polar surface area (TPSA) is 33.1 Å². The second-order valence-electron chi connectivity index (χ2n) is 2.82. The Hall–Kier alpha value is -0.460. The van der Waals surface area contributed by atoms with Gasteiger partial charge >= 0.3 is 0 Å². The Morgan fingerprint density at radius 2 is 2.29 bits per heavy atom. The second-order valence-corrected chi connectivity index (χ2v) is 4.93. The van der Waals surface area contributed by atoms with Crippen molar-refractivity contribution >= 4 is 33.9 Å². The minimum Gasteiger partial charge on any atom is -0.383 e. The fourth-order valence-corrected chi connectivity index (χ4v) is 3.09. The summed E-state index contributed by atoms with van der Waals surface area (Å²) in [5.41, 5.74) is 0.841. The van der Waals surface area contributed by atoms with E-state index in [9.17, 15) is 5.11 Å². The first-order chi connectivity index (χ1) is 6.79. The van der Waals surface area contributed by atoms with Gasteiger partial charge in [0.15, 0.2) is 0 Å². The largest absolute Gasteiger partial charge is 0.383 e. The van der Waals surface area contributed by atoms with Crippen LogP contribution < -0.4 is 0 Å². The average Bonchev–Trinajstić information content (AvgIpc) is 2.65. The molecule has 0 aliphatic rings. The van der Waals surface area contributed by atoms with Gasteiger partial charge < -0.3 is 5.11 Å². The zero-order valence-corrected chi connectivity index (χ0v) is 10.2. The minimum absolute atomic E-state index is 0.546. The van der Waals surface area contributed by atoms with Crippen LogP contribution in [0.1, 0.15) is 16.5 Å². The maximum absolute atomic E-state index is 10.0. The van der Waals surface area contributed by atoms with E-state index in [1.807, 2.05) is 23.6 Å². The normalized spacial score (nSPS) is 12.7. The van der Waals surface area contributed by atoms with Gasteiger partial charge in [0.1, 0.15) is 6.10 Å². The van der Waals surface area contributed by atoms with Gasteiger partial charge in [0.05, 0.1) is 4.88 Å². The van der Waals surface area contributed by atoms with E-state index in [1.165, 1.54) is 0 Å². The molecule has 0 amide bonds. The lowest BCUT2D eigenvalue weighted by molar-refractivity contribution is 0.223. The zero-order valence-electron chi connectivity index (χ0n) is 7.22. The van der Waals surface area contributed by atoms with Crippen molar-refractivity contribution in [1.82, 2.24) is 4.98 Å². The lowest BCUT2D eigenvalue weighted by Crippen LogP contribution is -1.98. The molecule has 2 aromatic heterocycles. The number of thiophene rings is 1. The van der Waals surface area contributed by atoms with E-state index in [2.05, 4.69) is 27.6 Å². The Bertz CT molecular complexity index is 415. The first-order valence-corrected chi connectivity index (χ1v) is 6.06. The number of aliphatic hydroxyl groups excluding tert-OH is 1. The van der Waals surface area contributed by atoms with Gasteiger partial charge in [0.2, 0.25) is 0 Å². The third-order valence-electron chi connectivity index (χ3n) is 1.89. The Labute approximate surface area is 99.8 Å². The summed E-state index contributed by atoms with van der Waals surface area (Å²) in [6.45, 7) is 0. The van der Waals surface area contributed by atoms with Crippen molar-refractivity contribution in [3.63, 3.8) is 0 Å². The standard InChI is InChI=1S/C10H8INOS/c11-8-3-5-14-10(8)9(13)7-2-1-4-12-6-7/h1-6,9,13H. The predicted octanol–water partition coefficient (Wildman–Crippen LogP) is 2.83. The molecule has 0 saturated carbocycles. The Balaban J connectivity index is 2.34. The number of aliphatic hydroxyl groups is 1. The molecule has 14 heavy (non-hydrogen) atoms. The number of pyridine rings is 1. The molecule has 72 valence electrons. The number of hydrogen-bond acceptors (Lipinski definition) is 3. The van der Waals surface area contributed by atoms with E-state index in [-0.39, 0.29) is 0 Å². The summed E-state index contributed by atoms with van der Waals surface area (Å²) in [5.74, 6) is 0. The molecule has 2 rings (SSSR count). The summed E-state index contributed by atoms with van der Waals surface area (Å²) in [4.78, 5) is 4.97. The summed E-state index contributed by atoms with van der Waals surface area (Å²) < 4.78 is 1.10. The highest BCUT2D eigenvalue weighted by Gasteiger charge is 2.14. The van der Waals surface area contributed by atoms with Crippen LogP contribution in [0.2, 0.25) is 0 Å². The molecule has 0 aromatic carbocycles. The van der Waals surface area contributed by atoms with Gasteiger partial charge in [-0.25, -0.2) is 0 Å². The van der Waals surface area contributed by atoms with Crippen molar-refractivity contribution in [3.05, 3.63) is 50.0 Å². The van der Waals surface area contributed by atoms with Crippen LogP contribution in [0, 0.1) is 3.57 Å². The van der Waals surface area contributed by atoms with E-state index in [0.717, 1.165) is 14.0 Å². The van der Waals surface area contributed by atoms with Gasteiger partial charge in [-0.3, -0.25) is 4.98 Å². The molecular weight excluding hydrogens is 309 g/mol. The van der Waals surface area contributed by atoms with Crippen LogP contribution in [-0.2, 0) is 0 Å². The fourth-order valence-electron chi connectivity index (χ4n) is 1.19. The molecule has 0 aliphatic carbocycles. The lowest BCUT2D eigenvalue weighted by atomic mass is 10.1. The molecule has 1 unspecified atom stereocenters. The van der Waals surface area contributed by atoms with Crippen molar-refractivity contribution in [2.75, 3.05) is 0 Å². The molecule has 0 spiro atoms. The number of halogens is 1. The summed E-state index contributed by atoms with van der Waals surface area (Å²) in [5, 5.41) is 12.0. The Kier molecular flexibility index (Phi) is 3.15. The van der Waals surface area contributed by atoms with Gasteiger partial charge in [0.25, 0.3) is 0 Å². The molecule has 2 heterocycles. The summed E-state index contributed by atoms with van der Waals surface area (Å²) >= 11 is 3.79. The quantitative estimate of drug-likeness (QED) is 0.864. The highest BCUT2D eigenvalue weighted by atomic mass is 127. The first-order valence-electron chi connectivity index (χ1n) is 4.10. The third-order valence-corrected chi connectivity index (χ3v) is 4.17. The third kappa shape index (κ3) is 1.97. The molecule has 0 fully saturated rings. The monoisotopic (exact) mass is 317 g/mol. The average molecular weight is 317 g/mol. The van der Waals surface area contributed by atoms with E-state index in [1.54, 1.807) is 23.7 Å². The van der Waals surface area contributed by atoms with Gasteiger partial charge in [0, 0.05) is 21.5 Å². The molecule has 0 bridgehead atoms. The van der Waals surface area contributed by atoms with Crippen molar-refractivity contribution < 1.29 is 5.11 Å². The molecule has 1 N–H and O–H groups in total. The molecule has 0 radical (unpaired) electrons. The number of rotatable bonds is 2. The second kappa shape index (κ2) is 4.37. The summed E-state index contributed by atoms with van der Waals surface area (Å²) in [7, 11) is 0. The van der Waals surface area contributed by atoms with Crippen LogP contribution in [0.25, 0.3) is 0 Å². The maximum Gasteiger partial charge on any atom is 0.116 e. The van der Waals surface area contributed by atoms with Crippen molar-refractivity contribution in [2.24, 2.45) is 0 Å². The van der Waals surface area contributed by atoms with Crippen LogP contribution in [0.5, 0.6) is 0 Å². The maximum atomic E-state index is 10.0. The molecule has 2 aromatic rings. The van der Waals surface area contributed by atoms with Gasteiger partial charge in [-0.1, -0.05) is 6.07 Å². The lowest BCUT2D eigenvalue weighted by Gasteiger charge is -2.08. The van der Waals surface area contributed by atoms with Gasteiger partial charge in [-0.05, 0) is 40.1 Å². The van der Waals surface area contributed by atoms with E-state index >= 15 is 0 Å². The Morgan fingerprint density at radius 1 is 1.43 bits per heavy atom. The van der Waals surface area contributed by atoms with E-state index in [4.69, 9.17) is 0 Å². The highest BCUT2D eigenvalue weighted by molar-refractivity contribution is 14.1. The smallest absolute Gasteiger partial charge is 0.116 e. The van der Waals surface area contributed by atoms with Crippen molar-refractivity contribution in [3.8, 4) is 0 Å². The van der Waals surface area contributed by atoms with E-state index < -0.39 is 6.10 Å². The van der Waals surface area contributed by atoms with Crippen LogP contribution >= 0.6 is 33.9 Å². The van der Waals surface area contributed by atoms with Crippen LogP contribution in [-0.4, -0.2) is 10.1 Å². The van der Waals surface area contributed by atoms with Gasteiger partial charge in [-0.2, -0.15) is 0 Å². The van der Waals surface area contributed by atoms with Crippen molar-refractivity contribution in [2.45, 2.75) is 6.10 Å². The Morgan fingerprint density at radius 3 is 2.86 bits per heavy atom. The molecule has 2 nitrogen and oxygen atoms in total. The zero-order chi connectivity index (χ0) is 9.97. The van der Waals surface area contributed by atoms with Crippen LogP contribution in [0.3, 0.4) is 0 Å².